The molecular formula is C13H19FN2O. The first-order valence-corrected chi connectivity index (χ1v) is 6.07. The summed E-state index contributed by atoms with van der Waals surface area (Å²) in [5, 5.41) is 9.46. The van der Waals surface area contributed by atoms with Gasteiger partial charge in [-0.2, -0.15) is 0 Å². The summed E-state index contributed by atoms with van der Waals surface area (Å²) in [6, 6.07) is 4.92. The van der Waals surface area contributed by atoms with Crippen LogP contribution in [-0.2, 0) is 0 Å². The minimum Gasteiger partial charge on any atom is -0.399 e. The first-order chi connectivity index (χ1) is 8.06. The van der Waals surface area contributed by atoms with Gasteiger partial charge in [0.25, 0.3) is 0 Å². The third-order valence-corrected chi connectivity index (χ3v) is 3.23. The summed E-state index contributed by atoms with van der Waals surface area (Å²) < 4.78 is 13.3. The zero-order valence-electron chi connectivity index (χ0n) is 10.1. The van der Waals surface area contributed by atoms with Crippen LogP contribution in [0.15, 0.2) is 18.2 Å². The van der Waals surface area contributed by atoms with Crippen molar-refractivity contribution in [3.63, 3.8) is 0 Å². The minimum absolute atomic E-state index is 0.288. The topological polar surface area (TPSA) is 49.5 Å². The van der Waals surface area contributed by atoms with Crippen molar-refractivity contribution < 1.29 is 9.50 Å². The monoisotopic (exact) mass is 238 g/mol. The summed E-state index contributed by atoms with van der Waals surface area (Å²) in [5.41, 5.74) is 6.93. The smallest absolute Gasteiger partial charge is 0.127 e. The van der Waals surface area contributed by atoms with Gasteiger partial charge in [0.15, 0.2) is 0 Å². The summed E-state index contributed by atoms with van der Waals surface area (Å²) in [7, 11) is 0. The van der Waals surface area contributed by atoms with E-state index in [-0.39, 0.29) is 18.0 Å². The summed E-state index contributed by atoms with van der Waals surface area (Å²) in [5.74, 6) is -0.303. The molecule has 2 atom stereocenters. The van der Waals surface area contributed by atoms with Crippen LogP contribution >= 0.6 is 0 Å². The number of nitrogens with two attached hydrogens (primary N) is 1. The Morgan fingerprint density at radius 1 is 1.53 bits per heavy atom. The van der Waals surface area contributed by atoms with Gasteiger partial charge in [0.05, 0.1) is 6.10 Å². The molecule has 0 aliphatic carbocycles. The molecule has 1 aromatic rings. The molecule has 17 heavy (non-hydrogen) atoms. The molecule has 3 N–H and O–H groups in total. The zero-order chi connectivity index (χ0) is 12.4. The summed E-state index contributed by atoms with van der Waals surface area (Å²) in [4.78, 5) is 2.14. The second-order valence-corrected chi connectivity index (χ2v) is 4.82. The SMILES string of the molecule is CC(O)CC1CCCN1c1cc(N)cc(F)c1. The lowest BCUT2D eigenvalue weighted by molar-refractivity contribution is 0.175. The number of anilines is 2. The number of aliphatic hydroxyl groups excluding tert-OH is 1. The van der Waals surface area contributed by atoms with E-state index in [1.54, 1.807) is 13.0 Å². The van der Waals surface area contributed by atoms with Crippen molar-refractivity contribution in [2.45, 2.75) is 38.3 Å². The zero-order valence-corrected chi connectivity index (χ0v) is 10.1. The quantitative estimate of drug-likeness (QED) is 0.793. The average molecular weight is 238 g/mol. The highest BCUT2D eigenvalue weighted by Gasteiger charge is 2.26. The van der Waals surface area contributed by atoms with Gasteiger partial charge in [-0.1, -0.05) is 0 Å². The molecule has 0 saturated carbocycles. The van der Waals surface area contributed by atoms with E-state index >= 15 is 0 Å². The van der Waals surface area contributed by atoms with Crippen molar-refractivity contribution in [1.29, 1.82) is 0 Å². The van der Waals surface area contributed by atoms with Crippen LogP contribution in [0.25, 0.3) is 0 Å². The van der Waals surface area contributed by atoms with Crippen molar-refractivity contribution in [2.24, 2.45) is 0 Å². The van der Waals surface area contributed by atoms with Crippen LogP contribution in [-0.4, -0.2) is 23.8 Å². The normalized spacial score (nSPS) is 21.8. The molecule has 0 radical (unpaired) electrons. The maximum Gasteiger partial charge on any atom is 0.127 e. The van der Waals surface area contributed by atoms with Crippen molar-refractivity contribution in [2.75, 3.05) is 17.2 Å². The molecule has 1 saturated heterocycles. The molecule has 1 aromatic carbocycles. The van der Waals surface area contributed by atoms with E-state index in [0.717, 1.165) is 31.5 Å². The number of hydrogen-bond acceptors (Lipinski definition) is 3. The number of hydrogen-bond donors (Lipinski definition) is 2. The van der Waals surface area contributed by atoms with Gasteiger partial charge in [-0.05, 0) is 44.4 Å². The number of benzene rings is 1. The Balaban J connectivity index is 2.19. The molecule has 0 bridgehead atoms. The molecule has 2 unspecified atom stereocenters. The highest BCUT2D eigenvalue weighted by molar-refractivity contribution is 5.57. The van der Waals surface area contributed by atoms with Gasteiger partial charge in [-0.3, -0.25) is 0 Å². The van der Waals surface area contributed by atoms with Gasteiger partial charge in [0, 0.05) is 24.0 Å². The highest BCUT2D eigenvalue weighted by Crippen LogP contribution is 2.29. The van der Waals surface area contributed by atoms with E-state index < -0.39 is 0 Å². The maximum atomic E-state index is 13.3. The molecule has 1 fully saturated rings. The number of rotatable bonds is 3. The van der Waals surface area contributed by atoms with Crippen LogP contribution in [0.4, 0.5) is 15.8 Å². The first kappa shape index (κ1) is 12.2. The molecule has 94 valence electrons. The van der Waals surface area contributed by atoms with Crippen LogP contribution in [0, 0.1) is 5.82 Å². The van der Waals surface area contributed by atoms with Gasteiger partial charge in [-0.15, -0.1) is 0 Å². The average Bonchev–Trinajstić information content (AvgIpc) is 2.63. The lowest BCUT2D eigenvalue weighted by atomic mass is 10.1. The van der Waals surface area contributed by atoms with Crippen molar-refractivity contribution in [3.8, 4) is 0 Å². The van der Waals surface area contributed by atoms with Crippen molar-refractivity contribution in [3.05, 3.63) is 24.0 Å². The lowest BCUT2D eigenvalue weighted by Gasteiger charge is -2.28. The van der Waals surface area contributed by atoms with Crippen LogP contribution in [0.3, 0.4) is 0 Å². The van der Waals surface area contributed by atoms with Gasteiger partial charge < -0.3 is 15.7 Å². The highest BCUT2D eigenvalue weighted by atomic mass is 19.1. The molecule has 0 aromatic heterocycles. The van der Waals surface area contributed by atoms with Crippen LogP contribution in [0.1, 0.15) is 26.2 Å². The molecular weight excluding hydrogens is 219 g/mol. The largest absolute Gasteiger partial charge is 0.399 e. The number of nitrogen functional groups attached to an aromatic ring is 1. The number of nitrogens with zero attached hydrogens (tertiary/aromatic N) is 1. The second-order valence-electron chi connectivity index (χ2n) is 4.82. The molecule has 1 aliphatic heterocycles. The van der Waals surface area contributed by atoms with E-state index in [1.165, 1.54) is 12.1 Å². The van der Waals surface area contributed by atoms with Gasteiger partial charge >= 0.3 is 0 Å². The Labute approximate surface area is 101 Å². The predicted octanol–water partition coefficient (Wildman–Crippen LogP) is 2.15. The Bertz CT molecular complexity index is 375. The third-order valence-electron chi connectivity index (χ3n) is 3.23. The number of halogens is 1. The number of aliphatic hydroxyl groups is 1. The second kappa shape index (κ2) is 4.92. The van der Waals surface area contributed by atoms with Gasteiger partial charge in [0.1, 0.15) is 5.82 Å². The predicted molar refractivity (Wildman–Crippen MR) is 67.5 cm³/mol. The minimum atomic E-state index is -0.327. The molecule has 0 amide bonds. The van der Waals surface area contributed by atoms with Crippen LogP contribution < -0.4 is 10.6 Å². The summed E-state index contributed by atoms with van der Waals surface area (Å²) in [6.07, 6.45) is 2.51. The maximum absolute atomic E-state index is 13.3. The van der Waals surface area contributed by atoms with Crippen LogP contribution in [0.2, 0.25) is 0 Å². The van der Waals surface area contributed by atoms with E-state index in [1.807, 2.05) is 0 Å². The van der Waals surface area contributed by atoms with Crippen molar-refractivity contribution >= 4 is 11.4 Å². The van der Waals surface area contributed by atoms with E-state index in [4.69, 9.17) is 5.73 Å². The van der Waals surface area contributed by atoms with Crippen LogP contribution in [0.5, 0.6) is 0 Å². The molecule has 0 spiro atoms. The lowest BCUT2D eigenvalue weighted by Crippen LogP contribution is -2.31. The molecule has 1 heterocycles. The first-order valence-electron chi connectivity index (χ1n) is 6.07. The van der Waals surface area contributed by atoms with Gasteiger partial charge in [0.2, 0.25) is 0 Å². The standard InChI is InChI=1S/C13H19FN2O/c1-9(17)5-12-3-2-4-16(12)13-7-10(14)6-11(15)8-13/h6-9,12,17H,2-5,15H2,1H3. The molecule has 2 rings (SSSR count). The van der Waals surface area contributed by atoms with E-state index in [0.29, 0.717) is 5.69 Å². The summed E-state index contributed by atoms with van der Waals surface area (Å²) >= 11 is 0. The Kier molecular flexibility index (Phi) is 3.52. The fourth-order valence-electron chi connectivity index (χ4n) is 2.58. The molecule has 4 heteroatoms. The van der Waals surface area contributed by atoms with Crippen molar-refractivity contribution in [1.82, 2.24) is 0 Å². The summed E-state index contributed by atoms with van der Waals surface area (Å²) in [6.45, 7) is 2.69. The Morgan fingerprint density at radius 3 is 2.94 bits per heavy atom. The molecule has 1 aliphatic rings. The fraction of sp³-hybridized carbons (Fsp3) is 0.538. The Morgan fingerprint density at radius 2 is 2.29 bits per heavy atom. The van der Waals surface area contributed by atoms with E-state index in [2.05, 4.69) is 4.90 Å². The third kappa shape index (κ3) is 2.88. The van der Waals surface area contributed by atoms with E-state index in [9.17, 15) is 9.50 Å². The van der Waals surface area contributed by atoms with Gasteiger partial charge in [-0.25, -0.2) is 4.39 Å². The molecule has 3 nitrogen and oxygen atoms in total. The fourth-order valence-corrected chi connectivity index (χ4v) is 2.58. The Hall–Kier alpha value is -1.29.